The van der Waals surface area contributed by atoms with Gasteiger partial charge in [0.25, 0.3) is 0 Å². The minimum atomic E-state index is 0.355. The molecule has 54 valence electrons. The molecule has 0 atom stereocenters. The predicted octanol–water partition coefficient (Wildman–Crippen LogP) is 2.19. The van der Waals surface area contributed by atoms with Gasteiger partial charge in [-0.25, -0.2) is 0 Å². The highest BCUT2D eigenvalue weighted by Crippen LogP contribution is 2.11. The Morgan fingerprint density at radius 2 is 1.80 bits per heavy atom. The fourth-order valence-corrected chi connectivity index (χ4v) is 0.630. The minimum absolute atomic E-state index is 0.355. The molecule has 0 aliphatic rings. The molecule has 2 nitrogen and oxygen atoms in total. The molecule has 0 aromatic heterocycles. The number of hydrogen-bond acceptors (Lipinski definition) is 2. The molecule has 0 fully saturated rings. The van der Waals surface area contributed by atoms with Gasteiger partial charge in [-0.15, -0.1) is 0 Å². The van der Waals surface area contributed by atoms with Gasteiger partial charge in [0.05, 0.1) is 0 Å². The Kier molecular flexibility index (Phi) is 2.23. The van der Waals surface area contributed by atoms with Crippen molar-refractivity contribution >= 4 is 0 Å². The first-order valence-corrected chi connectivity index (χ1v) is 2.85. The molecule has 1 aromatic carbocycles. The zero-order valence-electron chi connectivity index (χ0n) is 5.50. The number of aryl methyl sites for hydroxylation is 1. The van der Waals surface area contributed by atoms with Gasteiger partial charge in [0.1, 0.15) is 0 Å². The van der Waals surface area contributed by atoms with Crippen LogP contribution in [0.2, 0.25) is 0 Å². The Bertz CT molecular complexity index is 195. The van der Waals surface area contributed by atoms with E-state index in [1.807, 2.05) is 6.92 Å². The molecule has 0 aliphatic carbocycles. The smallest absolute Gasteiger partial charge is 0.168 e. The minimum Gasteiger partial charge on any atom is -0.304 e. The van der Waals surface area contributed by atoms with E-state index in [4.69, 9.17) is 0 Å². The van der Waals surface area contributed by atoms with E-state index in [0.29, 0.717) is 5.75 Å². The Labute approximate surface area is 58.0 Å². The van der Waals surface area contributed by atoms with Crippen LogP contribution in [0.3, 0.4) is 0 Å². The lowest BCUT2D eigenvalue weighted by Crippen LogP contribution is -1.85. The summed E-state index contributed by atoms with van der Waals surface area (Å²) in [7, 11) is 0. The Morgan fingerprint density at radius 3 is 2.30 bits per heavy atom. The molecule has 0 spiro atoms. The molecule has 0 amide bonds. The number of hydrogen-bond donors (Lipinski definition) is 0. The van der Waals surface area contributed by atoms with Crippen LogP contribution >= 0.6 is 0 Å². The van der Waals surface area contributed by atoms with Crippen LogP contribution in [0.1, 0.15) is 5.56 Å². The molecule has 3 heteroatoms. The van der Waals surface area contributed by atoms with Crippen molar-refractivity contribution in [2.75, 3.05) is 0 Å². The SMILES string of the molecule is Cc1ccc(OOF)cc1. The molecule has 0 unspecified atom stereocenters. The second-order valence-electron chi connectivity index (χ2n) is 1.96. The lowest BCUT2D eigenvalue weighted by molar-refractivity contribution is -0.367. The molecule has 0 radical (unpaired) electrons. The predicted molar refractivity (Wildman–Crippen MR) is 34.0 cm³/mol. The average molecular weight is 142 g/mol. The summed E-state index contributed by atoms with van der Waals surface area (Å²) in [5.74, 6) is 0.355. The highest BCUT2D eigenvalue weighted by atomic mass is 19.3. The standard InChI is InChI=1S/C7H7FO2/c1-6-2-4-7(5-3-6)9-10-8/h2-5H,1H3. The maximum Gasteiger partial charge on any atom is 0.168 e. The summed E-state index contributed by atoms with van der Waals surface area (Å²) in [5.41, 5.74) is 1.09. The van der Waals surface area contributed by atoms with Crippen LogP contribution < -0.4 is 4.89 Å². The fraction of sp³-hybridized carbons (Fsp3) is 0.143. The van der Waals surface area contributed by atoms with Crippen molar-refractivity contribution in [3.05, 3.63) is 29.8 Å². The largest absolute Gasteiger partial charge is 0.304 e. The molecule has 0 saturated heterocycles. The van der Waals surface area contributed by atoms with E-state index < -0.39 is 0 Å². The van der Waals surface area contributed by atoms with Gasteiger partial charge in [0.15, 0.2) is 5.75 Å². The maximum absolute atomic E-state index is 11.1. The highest BCUT2D eigenvalue weighted by Gasteiger charge is 1.91. The van der Waals surface area contributed by atoms with Crippen molar-refractivity contribution in [3.8, 4) is 5.75 Å². The van der Waals surface area contributed by atoms with Gasteiger partial charge < -0.3 is 4.89 Å². The second-order valence-corrected chi connectivity index (χ2v) is 1.96. The normalized spacial score (nSPS) is 9.40. The van der Waals surface area contributed by atoms with Crippen LogP contribution in [0.4, 0.5) is 4.53 Å². The number of halogens is 1. The summed E-state index contributed by atoms with van der Waals surface area (Å²) >= 11 is 0. The first kappa shape index (κ1) is 7.02. The van der Waals surface area contributed by atoms with Gasteiger partial charge in [0, 0.05) is 5.09 Å². The van der Waals surface area contributed by atoms with Gasteiger partial charge in [0.2, 0.25) is 0 Å². The Hall–Kier alpha value is -1.09. The molecule has 1 aromatic rings. The van der Waals surface area contributed by atoms with Crippen LogP contribution in [0.15, 0.2) is 24.3 Å². The molecule has 0 heterocycles. The molecular formula is C7H7FO2. The summed E-state index contributed by atoms with van der Waals surface area (Å²) < 4.78 is 11.1. The fourth-order valence-electron chi connectivity index (χ4n) is 0.630. The van der Waals surface area contributed by atoms with Crippen molar-refractivity contribution in [1.29, 1.82) is 0 Å². The molecular weight excluding hydrogens is 135 g/mol. The Balaban J connectivity index is 2.69. The summed E-state index contributed by atoms with van der Waals surface area (Å²) in [4.78, 5) is 4.09. The molecule has 1 rings (SSSR count). The van der Waals surface area contributed by atoms with Gasteiger partial charge >= 0.3 is 0 Å². The zero-order chi connectivity index (χ0) is 7.40. The van der Waals surface area contributed by atoms with E-state index in [0.717, 1.165) is 5.56 Å². The van der Waals surface area contributed by atoms with Crippen molar-refractivity contribution in [3.63, 3.8) is 0 Å². The first-order chi connectivity index (χ1) is 4.83. The summed E-state index contributed by atoms with van der Waals surface area (Å²) in [5, 5.41) is 2.97. The third kappa shape index (κ3) is 1.70. The van der Waals surface area contributed by atoms with E-state index >= 15 is 0 Å². The first-order valence-electron chi connectivity index (χ1n) is 2.85. The highest BCUT2D eigenvalue weighted by molar-refractivity contribution is 5.25. The second kappa shape index (κ2) is 3.17. The van der Waals surface area contributed by atoms with Gasteiger partial charge in [-0.2, -0.15) is 0 Å². The monoisotopic (exact) mass is 142 g/mol. The number of rotatable bonds is 2. The summed E-state index contributed by atoms with van der Waals surface area (Å²) in [6.07, 6.45) is 0. The maximum atomic E-state index is 11.1. The van der Waals surface area contributed by atoms with Gasteiger partial charge in [-0.1, -0.05) is 17.7 Å². The van der Waals surface area contributed by atoms with Crippen LogP contribution in [0.25, 0.3) is 0 Å². The van der Waals surface area contributed by atoms with Gasteiger partial charge in [-0.3, -0.25) is 0 Å². The van der Waals surface area contributed by atoms with Crippen LogP contribution in [-0.2, 0) is 5.09 Å². The van der Waals surface area contributed by atoms with Crippen molar-refractivity contribution in [1.82, 2.24) is 0 Å². The summed E-state index contributed by atoms with van der Waals surface area (Å²) in [6, 6.07) is 6.84. The third-order valence-electron chi connectivity index (χ3n) is 1.15. The van der Waals surface area contributed by atoms with E-state index in [1.165, 1.54) is 0 Å². The Morgan fingerprint density at radius 1 is 1.20 bits per heavy atom. The lowest BCUT2D eigenvalue weighted by Gasteiger charge is -1.95. The quantitative estimate of drug-likeness (QED) is 0.465. The average Bonchev–Trinajstić information content (AvgIpc) is 1.95. The van der Waals surface area contributed by atoms with Crippen LogP contribution in [0.5, 0.6) is 5.75 Å². The molecule has 0 saturated carbocycles. The van der Waals surface area contributed by atoms with Crippen LogP contribution in [-0.4, -0.2) is 0 Å². The summed E-state index contributed by atoms with van der Waals surface area (Å²) in [6.45, 7) is 1.93. The molecule has 10 heavy (non-hydrogen) atoms. The van der Waals surface area contributed by atoms with Crippen molar-refractivity contribution in [2.45, 2.75) is 6.92 Å². The van der Waals surface area contributed by atoms with Crippen molar-refractivity contribution < 1.29 is 14.5 Å². The molecule has 0 bridgehead atoms. The van der Waals surface area contributed by atoms with Gasteiger partial charge in [-0.05, 0) is 23.6 Å². The molecule has 0 N–H and O–H groups in total. The third-order valence-corrected chi connectivity index (χ3v) is 1.15. The lowest BCUT2D eigenvalue weighted by atomic mass is 10.2. The topological polar surface area (TPSA) is 18.5 Å². The zero-order valence-corrected chi connectivity index (χ0v) is 5.50. The van der Waals surface area contributed by atoms with E-state index in [-0.39, 0.29) is 0 Å². The van der Waals surface area contributed by atoms with E-state index in [1.54, 1.807) is 24.3 Å². The van der Waals surface area contributed by atoms with Crippen molar-refractivity contribution in [2.24, 2.45) is 0 Å². The van der Waals surface area contributed by atoms with E-state index in [2.05, 4.69) is 9.98 Å². The van der Waals surface area contributed by atoms with Crippen LogP contribution in [0, 0.1) is 6.92 Å². The van der Waals surface area contributed by atoms with E-state index in [9.17, 15) is 4.53 Å². The number of benzene rings is 1. The molecule has 0 aliphatic heterocycles.